The molecule has 0 amide bonds. The van der Waals surface area contributed by atoms with E-state index in [1.807, 2.05) is 18.5 Å². The molecule has 102 valence electrons. The van der Waals surface area contributed by atoms with E-state index in [0.29, 0.717) is 0 Å². The molecular weight excluding hydrogens is 234 g/mol. The van der Waals surface area contributed by atoms with Crippen LogP contribution < -0.4 is 4.90 Å². The summed E-state index contributed by atoms with van der Waals surface area (Å²) < 4.78 is 0. The van der Waals surface area contributed by atoms with E-state index in [4.69, 9.17) is 0 Å². The molecule has 2 rings (SSSR count). The van der Waals surface area contributed by atoms with Crippen molar-refractivity contribution in [3.63, 3.8) is 0 Å². The molecule has 0 bridgehead atoms. The molecule has 1 aliphatic rings. The third-order valence-electron chi connectivity index (χ3n) is 3.40. The summed E-state index contributed by atoms with van der Waals surface area (Å²) in [6.07, 6.45) is 8.40. The predicted octanol–water partition coefficient (Wildman–Crippen LogP) is 2.74. The lowest BCUT2D eigenvalue weighted by atomic mass is 10.3. The maximum Gasteiger partial charge on any atom is 0.0553 e. The van der Waals surface area contributed by atoms with E-state index >= 15 is 0 Å². The Kier molecular flexibility index (Phi) is 5.55. The molecule has 0 radical (unpaired) electrons. The van der Waals surface area contributed by atoms with Gasteiger partial charge in [0, 0.05) is 44.8 Å². The number of pyridine rings is 1. The van der Waals surface area contributed by atoms with Crippen molar-refractivity contribution in [2.45, 2.75) is 32.6 Å². The van der Waals surface area contributed by atoms with Crippen molar-refractivity contribution < 1.29 is 0 Å². The second-order valence-electron chi connectivity index (χ2n) is 4.93. The molecule has 1 aromatic heterocycles. The lowest BCUT2D eigenvalue weighted by Gasteiger charge is -2.21. The predicted molar refractivity (Wildman–Crippen MR) is 79.9 cm³/mol. The number of nitrogens with zero attached hydrogens (tertiary/aromatic N) is 3. The third-order valence-corrected chi connectivity index (χ3v) is 3.40. The molecule has 1 aromatic rings. The Hall–Kier alpha value is -1.69. The van der Waals surface area contributed by atoms with Gasteiger partial charge >= 0.3 is 0 Å². The van der Waals surface area contributed by atoms with Crippen molar-refractivity contribution >= 4 is 5.69 Å². The van der Waals surface area contributed by atoms with Gasteiger partial charge in [-0.05, 0) is 25.0 Å². The van der Waals surface area contributed by atoms with Crippen molar-refractivity contribution in [1.82, 2.24) is 9.88 Å². The number of rotatable bonds is 3. The number of unbranched alkanes of at least 4 members (excludes halogenated alkanes) is 2. The second kappa shape index (κ2) is 7.68. The summed E-state index contributed by atoms with van der Waals surface area (Å²) in [5.41, 5.74) is 1.23. The zero-order valence-electron chi connectivity index (χ0n) is 11.8. The molecule has 3 heteroatoms. The van der Waals surface area contributed by atoms with Gasteiger partial charge in [-0.2, -0.15) is 0 Å². The van der Waals surface area contributed by atoms with Gasteiger partial charge in [-0.25, -0.2) is 0 Å². The topological polar surface area (TPSA) is 19.4 Å². The second-order valence-corrected chi connectivity index (χ2v) is 4.93. The van der Waals surface area contributed by atoms with E-state index in [1.54, 1.807) is 0 Å². The van der Waals surface area contributed by atoms with Crippen molar-refractivity contribution in [2.24, 2.45) is 0 Å². The third kappa shape index (κ3) is 4.48. The Bertz CT molecular complexity index is 419. The summed E-state index contributed by atoms with van der Waals surface area (Å²) in [7, 11) is 0. The van der Waals surface area contributed by atoms with Crippen LogP contribution in [0.5, 0.6) is 0 Å². The zero-order valence-corrected chi connectivity index (χ0v) is 11.8. The highest BCUT2D eigenvalue weighted by molar-refractivity contribution is 5.43. The molecule has 0 atom stereocenters. The van der Waals surface area contributed by atoms with E-state index in [9.17, 15) is 0 Å². The standard InChI is InChI=1S/C16H23N3/c1-2-3-4-5-10-18-11-7-12-19(14-13-18)16-8-6-9-17-15-16/h6,8-9,15H,2-4,7,11-14H2,1H3. The van der Waals surface area contributed by atoms with Gasteiger partial charge < -0.3 is 9.80 Å². The van der Waals surface area contributed by atoms with Crippen LogP contribution in [0.15, 0.2) is 24.5 Å². The minimum Gasteiger partial charge on any atom is -0.368 e. The smallest absolute Gasteiger partial charge is 0.0553 e. The quantitative estimate of drug-likeness (QED) is 0.613. The Labute approximate surface area is 116 Å². The Balaban J connectivity index is 1.86. The largest absolute Gasteiger partial charge is 0.368 e. The van der Waals surface area contributed by atoms with Crippen LogP contribution in [0, 0.1) is 12.0 Å². The molecule has 0 aliphatic carbocycles. The molecule has 0 spiro atoms. The average molecular weight is 257 g/mol. The summed E-state index contributed by atoms with van der Waals surface area (Å²) in [5.74, 6) is 3.28. The molecule has 1 fully saturated rings. The van der Waals surface area contributed by atoms with Crippen LogP contribution in [0.25, 0.3) is 0 Å². The van der Waals surface area contributed by atoms with Crippen molar-refractivity contribution in [3.05, 3.63) is 24.5 Å². The summed E-state index contributed by atoms with van der Waals surface area (Å²) in [6, 6.07) is 7.45. The fraction of sp³-hybridized carbons (Fsp3) is 0.562. The Morgan fingerprint density at radius 3 is 3.00 bits per heavy atom. The normalized spacial score (nSPS) is 15.6. The van der Waals surface area contributed by atoms with Crippen LogP contribution in [0.1, 0.15) is 32.6 Å². The molecule has 19 heavy (non-hydrogen) atoms. The Morgan fingerprint density at radius 2 is 2.21 bits per heavy atom. The van der Waals surface area contributed by atoms with Crippen molar-refractivity contribution in [2.75, 3.05) is 31.1 Å². The van der Waals surface area contributed by atoms with Gasteiger partial charge in [-0.3, -0.25) is 4.98 Å². The fourth-order valence-corrected chi connectivity index (χ4v) is 2.26. The lowest BCUT2D eigenvalue weighted by Crippen LogP contribution is -2.28. The SMILES string of the molecule is CCCCC#CN1CCCN(c2cccnc2)CC1. The number of hydrogen-bond donors (Lipinski definition) is 0. The van der Waals surface area contributed by atoms with Gasteiger partial charge in [0.15, 0.2) is 0 Å². The first kappa shape index (κ1) is 13.7. The number of aromatic nitrogens is 1. The number of anilines is 1. The molecule has 0 aromatic carbocycles. The molecule has 3 nitrogen and oxygen atoms in total. The van der Waals surface area contributed by atoms with Gasteiger partial charge in [-0.1, -0.05) is 19.3 Å². The van der Waals surface area contributed by atoms with Crippen LogP contribution in [-0.4, -0.2) is 36.1 Å². The van der Waals surface area contributed by atoms with Crippen molar-refractivity contribution in [3.8, 4) is 12.0 Å². The van der Waals surface area contributed by atoms with Gasteiger partial charge in [0.25, 0.3) is 0 Å². The van der Waals surface area contributed by atoms with E-state index in [1.165, 1.54) is 18.5 Å². The first-order valence-electron chi connectivity index (χ1n) is 7.28. The van der Waals surface area contributed by atoms with Crippen LogP contribution in [0.4, 0.5) is 5.69 Å². The van der Waals surface area contributed by atoms with E-state index in [2.05, 4.69) is 39.7 Å². The summed E-state index contributed by atoms with van der Waals surface area (Å²) in [4.78, 5) is 8.87. The summed E-state index contributed by atoms with van der Waals surface area (Å²) in [5, 5.41) is 0. The van der Waals surface area contributed by atoms with E-state index in [-0.39, 0.29) is 0 Å². The average Bonchev–Trinajstić information content (AvgIpc) is 2.70. The molecule has 2 heterocycles. The minimum atomic E-state index is 1.02. The first-order valence-corrected chi connectivity index (χ1v) is 7.28. The number of hydrogen-bond acceptors (Lipinski definition) is 3. The molecule has 0 unspecified atom stereocenters. The molecule has 0 N–H and O–H groups in total. The van der Waals surface area contributed by atoms with E-state index < -0.39 is 0 Å². The molecule has 1 aliphatic heterocycles. The van der Waals surface area contributed by atoms with Crippen LogP contribution in [0.2, 0.25) is 0 Å². The maximum absolute atomic E-state index is 4.20. The highest BCUT2D eigenvalue weighted by Crippen LogP contribution is 2.14. The van der Waals surface area contributed by atoms with Gasteiger partial charge in [-0.15, -0.1) is 0 Å². The lowest BCUT2D eigenvalue weighted by molar-refractivity contribution is 0.427. The molecule has 1 saturated heterocycles. The molecule has 0 saturated carbocycles. The summed E-state index contributed by atoms with van der Waals surface area (Å²) in [6.45, 7) is 6.44. The van der Waals surface area contributed by atoms with Gasteiger partial charge in [0.05, 0.1) is 11.9 Å². The van der Waals surface area contributed by atoms with Crippen LogP contribution >= 0.6 is 0 Å². The minimum absolute atomic E-state index is 1.02. The van der Waals surface area contributed by atoms with Crippen LogP contribution in [0.3, 0.4) is 0 Å². The van der Waals surface area contributed by atoms with Gasteiger partial charge in [0.2, 0.25) is 0 Å². The first-order chi connectivity index (χ1) is 9.40. The Morgan fingerprint density at radius 1 is 1.26 bits per heavy atom. The van der Waals surface area contributed by atoms with Gasteiger partial charge in [0.1, 0.15) is 0 Å². The maximum atomic E-state index is 4.20. The zero-order chi connectivity index (χ0) is 13.3. The molecular formula is C16H23N3. The van der Waals surface area contributed by atoms with Crippen LogP contribution in [-0.2, 0) is 0 Å². The highest BCUT2D eigenvalue weighted by Gasteiger charge is 2.12. The summed E-state index contributed by atoms with van der Waals surface area (Å²) >= 11 is 0. The fourth-order valence-electron chi connectivity index (χ4n) is 2.26. The van der Waals surface area contributed by atoms with E-state index in [0.717, 1.165) is 39.0 Å². The monoisotopic (exact) mass is 257 g/mol. The highest BCUT2D eigenvalue weighted by atomic mass is 15.2. The van der Waals surface area contributed by atoms with Crippen molar-refractivity contribution in [1.29, 1.82) is 0 Å².